The number of anilines is 1. The lowest BCUT2D eigenvalue weighted by Gasteiger charge is -2.18. The molecule has 0 spiro atoms. The van der Waals surface area contributed by atoms with Crippen molar-refractivity contribution >= 4 is 11.6 Å². The lowest BCUT2D eigenvalue weighted by atomic mass is 10.1. The quantitative estimate of drug-likeness (QED) is 0.603. The lowest BCUT2D eigenvalue weighted by Crippen LogP contribution is -2.44. The van der Waals surface area contributed by atoms with Crippen molar-refractivity contribution < 1.29 is 19.0 Å². The maximum absolute atomic E-state index is 12.8. The third-order valence-electron chi connectivity index (χ3n) is 6.12. The number of hydrogen-bond acceptors (Lipinski definition) is 8. The van der Waals surface area contributed by atoms with E-state index in [9.17, 15) is 4.79 Å². The van der Waals surface area contributed by atoms with Gasteiger partial charge in [-0.2, -0.15) is 0 Å². The summed E-state index contributed by atoms with van der Waals surface area (Å²) in [5.41, 5.74) is 2.47. The Balaban J connectivity index is 1.29. The first-order valence-corrected chi connectivity index (χ1v) is 10.8. The second-order valence-corrected chi connectivity index (χ2v) is 8.36. The summed E-state index contributed by atoms with van der Waals surface area (Å²) in [4.78, 5) is 14.8. The van der Waals surface area contributed by atoms with E-state index in [0.717, 1.165) is 17.0 Å². The van der Waals surface area contributed by atoms with Crippen molar-refractivity contribution in [2.24, 2.45) is 0 Å². The fourth-order valence-corrected chi connectivity index (χ4v) is 4.34. The third-order valence-corrected chi connectivity index (χ3v) is 6.12. The van der Waals surface area contributed by atoms with Gasteiger partial charge in [-0.25, -0.2) is 4.68 Å². The molecule has 2 aromatic carbocycles. The van der Waals surface area contributed by atoms with Crippen molar-refractivity contribution in [1.29, 1.82) is 0 Å². The van der Waals surface area contributed by atoms with Gasteiger partial charge in [-0.1, -0.05) is 12.1 Å². The van der Waals surface area contributed by atoms with Crippen LogP contribution in [0.2, 0.25) is 0 Å². The molecule has 0 bridgehead atoms. The van der Waals surface area contributed by atoms with Gasteiger partial charge in [-0.3, -0.25) is 4.79 Å². The standard InChI is InChI=1S/C23H26N6O4/c1-28(2)16-9-7-14(8-10-16)23(30)24-18-12-32-21-19(13-33-20(18)21)29-22(25-26-27-29)15-5-4-6-17(11-15)31-3/h4-11,18-21H,12-13H2,1-3H3,(H,24,30). The molecule has 0 aliphatic carbocycles. The van der Waals surface area contributed by atoms with Gasteiger partial charge in [-0.15, -0.1) is 5.10 Å². The molecule has 3 heterocycles. The number of aromatic nitrogens is 4. The van der Waals surface area contributed by atoms with E-state index in [4.69, 9.17) is 14.2 Å². The number of hydrogen-bond donors (Lipinski definition) is 1. The number of rotatable bonds is 6. The first kappa shape index (κ1) is 21.4. The monoisotopic (exact) mass is 450 g/mol. The number of tetrazole rings is 1. The molecule has 1 amide bonds. The van der Waals surface area contributed by atoms with E-state index >= 15 is 0 Å². The van der Waals surface area contributed by atoms with Crippen LogP contribution in [0.3, 0.4) is 0 Å². The summed E-state index contributed by atoms with van der Waals surface area (Å²) < 4.78 is 19.2. The predicted molar refractivity (Wildman–Crippen MR) is 120 cm³/mol. The molecule has 1 N–H and O–H groups in total. The molecule has 3 aromatic rings. The minimum atomic E-state index is -0.276. The summed E-state index contributed by atoms with van der Waals surface area (Å²) in [5, 5.41) is 15.4. The number of amides is 1. The van der Waals surface area contributed by atoms with Crippen LogP contribution >= 0.6 is 0 Å². The highest BCUT2D eigenvalue weighted by molar-refractivity contribution is 5.94. The normalized spacial score (nSPS) is 23.8. The highest BCUT2D eigenvalue weighted by Gasteiger charge is 2.50. The van der Waals surface area contributed by atoms with Crippen LogP contribution in [0.4, 0.5) is 5.69 Å². The topological polar surface area (TPSA) is 104 Å². The zero-order valence-electron chi connectivity index (χ0n) is 18.7. The molecule has 5 rings (SSSR count). The molecule has 2 aliphatic heterocycles. The summed E-state index contributed by atoms with van der Waals surface area (Å²) in [5.74, 6) is 1.18. The van der Waals surface area contributed by atoms with E-state index in [-0.39, 0.29) is 30.2 Å². The molecule has 2 fully saturated rings. The maximum Gasteiger partial charge on any atom is 0.251 e. The van der Waals surface area contributed by atoms with Gasteiger partial charge in [0, 0.05) is 30.9 Å². The summed E-state index contributed by atoms with van der Waals surface area (Å²) in [6.07, 6.45) is -0.540. The van der Waals surface area contributed by atoms with Gasteiger partial charge < -0.3 is 24.4 Å². The number of benzene rings is 2. The Morgan fingerprint density at radius 3 is 2.67 bits per heavy atom. The smallest absolute Gasteiger partial charge is 0.251 e. The predicted octanol–water partition coefficient (Wildman–Crippen LogP) is 1.55. The molecule has 10 heteroatoms. The van der Waals surface area contributed by atoms with Crippen LogP contribution in [-0.2, 0) is 9.47 Å². The average molecular weight is 450 g/mol. The molecule has 33 heavy (non-hydrogen) atoms. The Hall–Kier alpha value is -3.50. The van der Waals surface area contributed by atoms with Crippen LogP contribution in [0, 0.1) is 0 Å². The fourth-order valence-electron chi connectivity index (χ4n) is 4.34. The number of ether oxygens (including phenoxy) is 3. The lowest BCUT2D eigenvalue weighted by molar-refractivity contribution is 0.0615. The van der Waals surface area contributed by atoms with Crippen molar-refractivity contribution in [3.63, 3.8) is 0 Å². The van der Waals surface area contributed by atoms with Crippen molar-refractivity contribution in [3.05, 3.63) is 54.1 Å². The Bertz CT molecular complexity index is 1130. The molecule has 4 unspecified atom stereocenters. The van der Waals surface area contributed by atoms with Gasteiger partial charge in [0.05, 0.1) is 26.4 Å². The minimum absolute atomic E-state index is 0.152. The van der Waals surface area contributed by atoms with Gasteiger partial charge in [0.15, 0.2) is 5.82 Å². The molecular formula is C23H26N6O4. The van der Waals surface area contributed by atoms with E-state index in [1.165, 1.54) is 0 Å². The SMILES string of the molecule is COc1cccc(-c2nnnn2C2COC3C(NC(=O)c4ccc(N(C)C)cc4)COC32)c1. The Labute approximate surface area is 191 Å². The van der Waals surface area contributed by atoms with Crippen molar-refractivity contribution in [2.75, 3.05) is 39.3 Å². The van der Waals surface area contributed by atoms with Crippen LogP contribution in [0.5, 0.6) is 5.75 Å². The van der Waals surface area contributed by atoms with Crippen molar-refractivity contribution in [2.45, 2.75) is 24.3 Å². The zero-order chi connectivity index (χ0) is 22.9. The molecule has 172 valence electrons. The molecule has 4 atom stereocenters. The van der Waals surface area contributed by atoms with E-state index in [0.29, 0.717) is 24.6 Å². The minimum Gasteiger partial charge on any atom is -0.497 e. The molecule has 2 saturated heterocycles. The van der Waals surface area contributed by atoms with Crippen molar-refractivity contribution in [1.82, 2.24) is 25.5 Å². The number of fused-ring (bicyclic) bond motifs is 1. The molecule has 0 radical (unpaired) electrons. The number of carbonyl (C=O) groups is 1. The number of nitrogens with one attached hydrogen (secondary N) is 1. The highest BCUT2D eigenvalue weighted by Crippen LogP contribution is 2.36. The van der Waals surface area contributed by atoms with Crippen LogP contribution in [-0.4, -0.2) is 78.8 Å². The molecule has 1 aromatic heterocycles. The second kappa shape index (κ2) is 8.80. The zero-order valence-corrected chi connectivity index (χ0v) is 18.7. The van der Waals surface area contributed by atoms with Crippen LogP contribution < -0.4 is 15.0 Å². The van der Waals surface area contributed by atoms with Gasteiger partial charge >= 0.3 is 0 Å². The fraction of sp³-hybridized carbons (Fsp3) is 0.391. The van der Waals surface area contributed by atoms with Crippen LogP contribution in [0.25, 0.3) is 11.4 Å². The number of methoxy groups -OCH3 is 1. The summed E-state index contributed by atoms with van der Waals surface area (Å²) in [6, 6.07) is 14.6. The Morgan fingerprint density at radius 2 is 1.91 bits per heavy atom. The average Bonchev–Trinajstić information content (AvgIpc) is 3.56. The van der Waals surface area contributed by atoms with Gasteiger partial charge in [0.25, 0.3) is 5.91 Å². The first-order valence-electron chi connectivity index (χ1n) is 10.8. The third kappa shape index (κ3) is 4.03. The van der Waals surface area contributed by atoms with Gasteiger partial charge in [-0.05, 0) is 46.8 Å². The van der Waals surface area contributed by atoms with E-state index in [1.807, 2.05) is 67.5 Å². The van der Waals surface area contributed by atoms with Crippen LogP contribution in [0.15, 0.2) is 48.5 Å². The Morgan fingerprint density at radius 1 is 1.12 bits per heavy atom. The van der Waals surface area contributed by atoms with E-state index < -0.39 is 0 Å². The number of carbonyl (C=O) groups excluding carboxylic acids is 1. The summed E-state index contributed by atoms with van der Waals surface area (Å²) in [6.45, 7) is 0.755. The highest BCUT2D eigenvalue weighted by atomic mass is 16.6. The number of nitrogens with zero attached hydrogens (tertiary/aromatic N) is 5. The van der Waals surface area contributed by atoms with E-state index in [1.54, 1.807) is 11.8 Å². The van der Waals surface area contributed by atoms with E-state index in [2.05, 4.69) is 20.8 Å². The molecule has 10 nitrogen and oxygen atoms in total. The Kier molecular flexibility index (Phi) is 5.69. The molecule has 2 aliphatic rings. The second-order valence-electron chi connectivity index (χ2n) is 8.36. The van der Waals surface area contributed by atoms with Gasteiger partial charge in [0.1, 0.15) is 24.0 Å². The molecular weight excluding hydrogens is 424 g/mol. The van der Waals surface area contributed by atoms with Gasteiger partial charge in [0.2, 0.25) is 0 Å². The maximum atomic E-state index is 12.8. The molecule has 0 saturated carbocycles. The van der Waals surface area contributed by atoms with Crippen LogP contribution in [0.1, 0.15) is 16.4 Å². The summed E-state index contributed by atoms with van der Waals surface area (Å²) >= 11 is 0. The first-order chi connectivity index (χ1) is 16.0. The summed E-state index contributed by atoms with van der Waals surface area (Å²) in [7, 11) is 5.54. The van der Waals surface area contributed by atoms with Crippen molar-refractivity contribution in [3.8, 4) is 17.1 Å². The largest absolute Gasteiger partial charge is 0.497 e.